The van der Waals surface area contributed by atoms with Gasteiger partial charge in [0.05, 0.1) is 0 Å². The molecular weight excluding hydrogens is 391 g/mol. The first-order chi connectivity index (χ1) is 11.1. The minimum Gasteiger partial charge on any atom is -0.0816 e. The molecule has 4 unspecified atom stereocenters. The van der Waals surface area contributed by atoms with Crippen molar-refractivity contribution >= 4 is 22.6 Å². The Bertz CT molecular complexity index is 670. The number of halogens is 1. The first-order valence-corrected chi connectivity index (χ1v) is 10.5. The quantitative estimate of drug-likeness (QED) is 0.352. The SMILES string of the molecule is CCCC1=C2C(=CCC(I)C2C)C2C=CC=C3C(C)=CC[C@@H]1C32. The summed E-state index contributed by atoms with van der Waals surface area (Å²) in [6, 6.07) is 0. The average molecular weight is 418 g/mol. The molecule has 5 atom stereocenters. The van der Waals surface area contributed by atoms with Crippen molar-refractivity contribution in [3.05, 3.63) is 58.2 Å². The minimum atomic E-state index is 0.630. The van der Waals surface area contributed by atoms with Gasteiger partial charge < -0.3 is 0 Å². The lowest BCUT2D eigenvalue weighted by Gasteiger charge is -2.49. The van der Waals surface area contributed by atoms with Crippen molar-refractivity contribution < 1.29 is 0 Å². The maximum atomic E-state index is 2.68. The molecule has 0 N–H and O–H groups in total. The van der Waals surface area contributed by atoms with Crippen molar-refractivity contribution in [3.8, 4) is 0 Å². The highest BCUT2D eigenvalue weighted by molar-refractivity contribution is 14.1. The second kappa shape index (κ2) is 6.06. The van der Waals surface area contributed by atoms with E-state index in [4.69, 9.17) is 0 Å². The van der Waals surface area contributed by atoms with Crippen LogP contribution in [0.4, 0.5) is 0 Å². The highest BCUT2D eigenvalue weighted by Crippen LogP contribution is 2.56. The van der Waals surface area contributed by atoms with E-state index in [1.54, 1.807) is 22.3 Å². The van der Waals surface area contributed by atoms with Crippen LogP contribution in [0.15, 0.2) is 58.2 Å². The molecule has 0 aromatic heterocycles. The van der Waals surface area contributed by atoms with E-state index in [9.17, 15) is 0 Å². The third-order valence-electron chi connectivity index (χ3n) is 6.45. The van der Waals surface area contributed by atoms with Crippen LogP contribution in [0.3, 0.4) is 0 Å². The molecule has 0 bridgehead atoms. The Labute approximate surface area is 154 Å². The number of hydrogen-bond acceptors (Lipinski definition) is 0. The summed E-state index contributed by atoms with van der Waals surface area (Å²) in [5, 5.41) is 0. The number of alkyl halides is 1. The summed E-state index contributed by atoms with van der Waals surface area (Å²) in [7, 11) is 0. The lowest BCUT2D eigenvalue weighted by molar-refractivity contribution is 0.323. The molecule has 0 heterocycles. The fourth-order valence-electron chi connectivity index (χ4n) is 5.37. The maximum Gasteiger partial charge on any atom is 0.0210 e. The van der Waals surface area contributed by atoms with Crippen LogP contribution in [-0.2, 0) is 0 Å². The van der Waals surface area contributed by atoms with Crippen LogP contribution in [0.5, 0.6) is 0 Å². The first kappa shape index (κ1) is 15.9. The fourth-order valence-corrected chi connectivity index (χ4v) is 5.98. The molecule has 122 valence electrons. The standard InChI is InChI=1S/C22H27I/c1-4-6-16-19-10-9-13(2)15-7-5-8-17(22(15)19)18-11-12-20(23)14(3)21(16)18/h5,7-9,11,14,17,19-20,22H,4,6,10,12H2,1-3H3/t14?,17?,19-,20?,22?/m0/s1. The van der Waals surface area contributed by atoms with Gasteiger partial charge in [-0.1, -0.05) is 84.4 Å². The molecule has 23 heavy (non-hydrogen) atoms. The molecule has 0 aromatic carbocycles. The molecule has 0 aromatic rings. The van der Waals surface area contributed by atoms with Crippen LogP contribution in [0, 0.1) is 23.7 Å². The Hall–Kier alpha value is -0.570. The minimum absolute atomic E-state index is 0.630. The molecule has 4 rings (SSSR count). The van der Waals surface area contributed by atoms with E-state index >= 15 is 0 Å². The van der Waals surface area contributed by atoms with Gasteiger partial charge in [0.1, 0.15) is 0 Å². The zero-order valence-electron chi connectivity index (χ0n) is 14.5. The number of allylic oxidation sites excluding steroid dienone is 10. The largest absolute Gasteiger partial charge is 0.0816 e. The first-order valence-electron chi connectivity index (χ1n) is 9.26. The van der Waals surface area contributed by atoms with Crippen LogP contribution in [0.25, 0.3) is 0 Å². The van der Waals surface area contributed by atoms with Crippen LogP contribution in [0.2, 0.25) is 0 Å². The molecule has 0 amide bonds. The molecule has 4 aliphatic carbocycles. The maximum absolute atomic E-state index is 2.68. The van der Waals surface area contributed by atoms with Gasteiger partial charge in [-0.15, -0.1) is 0 Å². The van der Waals surface area contributed by atoms with Crippen molar-refractivity contribution in [3.63, 3.8) is 0 Å². The average Bonchev–Trinajstić information content (AvgIpc) is 2.56. The van der Waals surface area contributed by atoms with E-state index in [1.807, 2.05) is 0 Å². The zero-order chi connectivity index (χ0) is 16.1. The Morgan fingerprint density at radius 1 is 1.17 bits per heavy atom. The van der Waals surface area contributed by atoms with Crippen LogP contribution >= 0.6 is 22.6 Å². The third-order valence-corrected chi connectivity index (χ3v) is 8.04. The lowest BCUT2D eigenvalue weighted by Crippen LogP contribution is -2.39. The Kier molecular flexibility index (Phi) is 4.19. The lowest BCUT2D eigenvalue weighted by atomic mass is 9.56. The Balaban J connectivity index is 1.92. The summed E-state index contributed by atoms with van der Waals surface area (Å²) in [5.74, 6) is 2.80. The van der Waals surface area contributed by atoms with Gasteiger partial charge in [0.15, 0.2) is 0 Å². The molecule has 0 nitrogen and oxygen atoms in total. The summed E-state index contributed by atoms with van der Waals surface area (Å²) in [4.78, 5) is 0. The van der Waals surface area contributed by atoms with Gasteiger partial charge in [-0.05, 0) is 54.7 Å². The van der Waals surface area contributed by atoms with Gasteiger partial charge in [0.25, 0.3) is 0 Å². The molecule has 0 fully saturated rings. The summed E-state index contributed by atoms with van der Waals surface area (Å²) in [6.45, 7) is 7.14. The summed E-state index contributed by atoms with van der Waals surface area (Å²) >= 11 is 2.68. The van der Waals surface area contributed by atoms with Gasteiger partial charge in [-0.2, -0.15) is 0 Å². The molecule has 0 saturated carbocycles. The van der Waals surface area contributed by atoms with Crippen molar-refractivity contribution in [2.45, 2.75) is 50.4 Å². The van der Waals surface area contributed by atoms with Gasteiger partial charge in [-0.25, -0.2) is 0 Å². The van der Waals surface area contributed by atoms with Gasteiger partial charge in [-0.3, -0.25) is 0 Å². The molecule has 0 spiro atoms. The molecule has 1 heteroatoms. The van der Waals surface area contributed by atoms with Gasteiger partial charge in [0.2, 0.25) is 0 Å². The summed E-state index contributed by atoms with van der Waals surface area (Å²) in [5.41, 5.74) is 8.38. The van der Waals surface area contributed by atoms with E-state index in [0.29, 0.717) is 17.8 Å². The smallest absolute Gasteiger partial charge is 0.0210 e. The van der Waals surface area contributed by atoms with Gasteiger partial charge in [0, 0.05) is 15.8 Å². The molecule has 0 saturated heterocycles. The summed E-state index contributed by atoms with van der Waals surface area (Å²) < 4.78 is 0.762. The molecule has 0 aliphatic heterocycles. The molecular formula is C22H27I. The van der Waals surface area contributed by atoms with Crippen molar-refractivity contribution in [2.24, 2.45) is 23.7 Å². The Morgan fingerprint density at radius 2 is 2.00 bits per heavy atom. The highest BCUT2D eigenvalue weighted by atomic mass is 127. The number of rotatable bonds is 2. The highest BCUT2D eigenvalue weighted by Gasteiger charge is 2.45. The number of hydrogen-bond donors (Lipinski definition) is 0. The Morgan fingerprint density at radius 3 is 2.78 bits per heavy atom. The molecule has 0 radical (unpaired) electrons. The second-order valence-corrected chi connectivity index (χ2v) is 9.28. The van der Waals surface area contributed by atoms with Crippen molar-refractivity contribution in [1.29, 1.82) is 0 Å². The molecule has 4 aliphatic rings. The third kappa shape index (κ3) is 2.37. The van der Waals surface area contributed by atoms with E-state index in [2.05, 4.69) is 73.7 Å². The monoisotopic (exact) mass is 418 g/mol. The van der Waals surface area contributed by atoms with E-state index in [0.717, 1.165) is 9.84 Å². The topological polar surface area (TPSA) is 0 Å². The normalized spacial score (nSPS) is 38.4. The van der Waals surface area contributed by atoms with E-state index in [-0.39, 0.29) is 0 Å². The van der Waals surface area contributed by atoms with Crippen molar-refractivity contribution in [1.82, 2.24) is 0 Å². The fraction of sp³-hybridized carbons (Fsp3) is 0.545. The van der Waals surface area contributed by atoms with Crippen LogP contribution in [-0.4, -0.2) is 3.92 Å². The summed E-state index contributed by atoms with van der Waals surface area (Å²) in [6.07, 6.45) is 17.4. The number of fused-ring (bicyclic) bond motifs is 2. The predicted octanol–water partition coefficient (Wildman–Crippen LogP) is 6.56. The second-order valence-electron chi connectivity index (χ2n) is 7.68. The van der Waals surface area contributed by atoms with E-state index in [1.165, 1.54) is 31.3 Å². The zero-order valence-corrected chi connectivity index (χ0v) is 16.6. The van der Waals surface area contributed by atoms with Gasteiger partial charge >= 0.3 is 0 Å². The van der Waals surface area contributed by atoms with E-state index < -0.39 is 0 Å². The van der Waals surface area contributed by atoms with Crippen LogP contribution in [0.1, 0.15) is 46.5 Å². The van der Waals surface area contributed by atoms with Crippen molar-refractivity contribution in [2.75, 3.05) is 0 Å². The van der Waals surface area contributed by atoms with Crippen LogP contribution < -0.4 is 0 Å². The predicted molar refractivity (Wildman–Crippen MR) is 108 cm³/mol.